The molecule has 4 rings (SSSR count). The van der Waals surface area contributed by atoms with E-state index in [0.29, 0.717) is 29.6 Å². The van der Waals surface area contributed by atoms with Gasteiger partial charge in [-0.1, -0.05) is 36.4 Å². The van der Waals surface area contributed by atoms with Crippen LogP contribution in [0.15, 0.2) is 84.6 Å². The maximum absolute atomic E-state index is 13.8. The second-order valence-electron chi connectivity index (χ2n) is 9.01. The first kappa shape index (κ1) is 29.4. The van der Waals surface area contributed by atoms with Crippen LogP contribution in [-0.2, 0) is 27.5 Å². The summed E-state index contributed by atoms with van der Waals surface area (Å²) < 4.78 is 71.5. The van der Waals surface area contributed by atoms with Gasteiger partial charge in [0.05, 0.1) is 12.5 Å². The average molecular weight is 589 g/mol. The van der Waals surface area contributed by atoms with Crippen molar-refractivity contribution in [2.45, 2.75) is 19.1 Å². The topological polar surface area (TPSA) is 126 Å². The van der Waals surface area contributed by atoms with Crippen LogP contribution >= 0.6 is 0 Å². The first-order valence-corrected chi connectivity index (χ1v) is 14.1. The van der Waals surface area contributed by atoms with Crippen molar-refractivity contribution in [3.63, 3.8) is 0 Å². The summed E-state index contributed by atoms with van der Waals surface area (Å²) in [6, 6.07) is 15.7. The van der Waals surface area contributed by atoms with Crippen molar-refractivity contribution >= 4 is 33.4 Å². The summed E-state index contributed by atoms with van der Waals surface area (Å²) in [6.07, 6.45) is 0.0317. The lowest BCUT2D eigenvalue weighted by atomic mass is 10.1. The highest BCUT2D eigenvalue weighted by molar-refractivity contribution is 7.88. The molecule has 0 unspecified atom stereocenters. The van der Waals surface area contributed by atoms with E-state index >= 15 is 0 Å². The van der Waals surface area contributed by atoms with Gasteiger partial charge in [-0.3, -0.25) is 4.79 Å². The first-order chi connectivity index (χ1) is 19.4. The predicted octanol–water partition coefficient (Wildman–Crippen LogP) is 4.62. The zero-order valence-electron chi connectivity index (χ0n) is 22.1. The van der Waals surface area contributed by atoms with Crippen molar-refractivity contribution in [1.29, 1.82) is 0 Å². The van der Waals surface area contributed by atoms with Crippen molar-refractivity contribution in [3.8, 4) is 0 Å². The summed E-state index contributed by atoms with van der Waals surface area (Å²) in [4.78, 5) is 20.5. The molecule has 1 aromatic heterocycles. The molecule has 3 N–H and O–H groups in total. The molecule has 10 nitrogen and oxygen atoms in total. The fourth-order valence-electron chi connectivity index (χ4n) is 3.79. The maximum Gasteiger partial charge on any atom is 0.421 e. The lowest BCUT2D eigenvalue weighted by Gasteiger charge is -2.25. The van der Waals surface area contributed by atoms with Crippen LogP contribution in [0.5, 0.6) is 0 Å². The number of nitrogens with zero attached hydrogens (tertiary/aromatic N) is 3. The van der Waals surface area contributed by atoms with E-state index in [-0.39, 0.29) is 30.7 Å². The fraction of sp³-hybridized carbons (Fsp3) is 0.222. The average Bonchev–Trinajstić information content (AvgIpc) is 2.94. The van der Waals surface area contributed by atoms with Gasteiger partial charge in [0.2, 0.25) is 21.9 Å². The molecule has 1 amide bonds. The van der Waals surface area contributed by atoms with Crippen molar-refractivity contribution in [2.24, 2.45) is 0 Å². The number of aromatic nitrogens is 2. The number of benzene rings is 2. The van der Waals surface area contributed by atoms with Gasteiger partial charge in [0, 0.05) is 43.2 Å². The quantitative estimate of drug-likeness (QED) is 0.314. The van der Waals surface area contributed by atoms with E-state index in [1.165, 1.54) is 19.4 Å². The first-order valence-electron chi connectivity index (χ1n) is 12.3. The smallest absolute Gasteiger partial charge is 0.421 e. The van der Waals surface area contributed by atoms with Gasteiger partial charge >= 0.3 is 6.18 Å². The number of carbonyl (C=O) groups excluding carboxylic acids is 1. The van der Waals surface area contributed by atoms with Crippen LogP contribution < -0.4 is 16.0 Å². The second kappa shape index (κ2) is 12.3. The van der Waals surface area contributed by atoms with Crippen LogP contribution in [0.3, 0.4) is 0 Å². The molecule has 0 saturated carbocycles. The van der Waals surface area contributed by atoms with E-state index in [0.717, 1.165) is 16.1 Å². The SMILES string of the molecule is CN(C1=C(CNc2nc(Nc3cccc(C(=O)NCc4ccccc4)c3)ncc2C(F)(F)F)CC=CO1)S(C)(=O)=O. The van der Waals surface area contributed by atoms with E-state index in [1.54, 1.807) is 24.3 Å². The summed E-state index contributed by atoms with van der Waals surface area (Å²) >= 11 is 0. The molecule has 0 bridgehead atoms. The van der Waals surface area contributed by atoms with Crippen LogP contribution in [0.2, 0.25) is 0 Å². The van der Waals surface area contributed by atoms with Gasteiger partial charge in [0.1, 0.15) is 11.4 Å². The predicted molar refractivity (Wildman–Crippen MR) is 147 cm³/mol. The van der Waals surface area contributed by atoms with Gasteiger partial charge in [-0.25, -0.2) is 17.7 Å². The van der Waals surface area contributed by atoms with Crippen molar-refractivity contribution in [2.75, 3.05) is 30.5 Å². The normalized spacial score (nSPS) is 13.4. The Balaban J connectivity index is 1.53. The van der Waals surface area contributed by atoms with E-state index < -0.39 is 27.6 Å². The minimum Gasteiger partial charge on any atom is -0.448 e. The van der Waals surface area contributed by atoms with E-state index in [4.69, 9.17) is 4.74 Å². The Labute approximate surface area is 235 Å². The molecular formula is C27H27F3N6O4S. The number of anilines is 3. The molecule has 1 aliphatic heterocycles. The van der Waals surface area contributed by atoms with Crippen LogP contribution in [-0.4, -0.2) is 48.4 Å². The Morgan fingerprint density at radius 1 is 1.10 bits per heavy atom. The zero-order valence-corrected chi connectivity index (χ0v) is 22.9. The third-order valence-corrected chi connectivity index (χ3v) is 7.13. The summed E-state index contributed by atoms with van der Waals surface area (Å²) in [6.45, 7) is 0.142. The third-order valence-electron chi connectivity index (χ3n) is 5.97. The monoisotopic (exact) mass is 588 g/mol. The number of sulfonamides is 1. The number of halogens is 3. The molecule has 0 fully saturated rings. The van der Waals surface area contributed by atoms with Gasteiger partial charge in [0.25, 0.3) is 5.91 Å². The van der Waals surface area contributed by atoms with Crippen molar-refractivity contribution in [1.82, 2.24) is 19.6 Å². The minimum absolute atomic E-state index is 0.00850. The Hall–Kier alpha value is -4.59. The van der Waals surface area contributed by atoms with Gasteiger partial charge in [-0.15, -0.1) is 0 Å². The Morgan fingerprint density at radius 3 is 2.56 bits per heavy atom. The molecule has 2 aromatic carbocycles. The lowest BCUT2D eigenvalue weighted by Crippen LogP contribution is -2.29. The van der Waals surface area contributed by atoms with E-state index in [9.17, 15) is 26.4 Å². The van der Waals surface area contributed by atoms with Gasteiger partial charge in [0.15, 0.2) is 0 Å². The third kappa shape index (κ3) is 7.75. The molecule has 0 spiro atoms. The van der Waals surface area contributed by atoms with Crippen molar-refractivity contribution < 1.29 is 31.1 Å². The fourth-order valence-corrected chi connectivity index (χ4v) is 4.26. The molecule has 0 aliphatic carbocycles. The molecular weight excluding hydrogens is 561 g/mol. The minimum atomic E-state index is -4.76. The molecule has 0 radical (unpaired) electrons. The highest BCUT2D eigenvalue weighted by Crippen LogP contribution is 2.34. The molecule has 0 atom stereocenters. The number of hydrogen-bond acceptors (Lipinski definition) is 8. The Morgan fingerprint density at radius 2 is 1.85 bits per heavy atom. The highest BCUT2D eigenvalue weighted by Gasteiger charge is 2.35. The zero-order chi connectivity index (χ0) is 29.6. The Kier molecular flexibility index (Phi) is 8.81. The molecule has 14 heteroatoms. The van der Waals surface area contributed by atoms with E-state index in [2.05, 4.69) is 25.9 Å². The van der Waals surface area contributed by atoms with Crippen LogP contribution in [0.1, 0.15) is 27.9 Å². The molecule has 3 aromatic rings. The number of allylic oxidation sites excluding steroid dienone is 1. The molecule has 1 aliphatic rings. The van der Waals surface area contributed by atoms with Crippen molar-refractivity contribution in [3.05, 3.63) is 101 Å². The summed E-state index contributed by atoms with van der Waals surface area (Å²) in [5.41, 5.74) is 0.929. The molecule has 0 saturated heterocycles. The van der Waals surface area contributed by atoms with Crippen LogP contribution in [0.25, 0.3) is 0 Å². The highest BCUT2D eigenvalue weighted by atomic mass is 32.2. The lowest BCUT2D eigenvalue weighted by molar-refractivity contribution is -0.137. The molecule has 2 heterocycles. The standard InChI is InChI=1S/C27H27F3N6O4S/c1-36(41(2,38)39)25-20(11-7-13-40-25)16-31-23-22(27(28,29)30)17-33-26(35-23)34-21-12-6-10-19(14-21)24(37)32-15-18-8-4-3-5-9-18/h3-10,12-14,17H,11,15-16H2,1-2H3,(H,32,37)(H2,31,33,34,35). The van der Waals surface area contributed by atoms with Crippen LogP contribution in [0.4, 0.5) is 30.6 Å². The number of nitrogens with one attached hydrogen (secondary N) is 3. The van der Waals surface area contributed by atoms with Crippen LogP contribution in [0, 0.1) is 0 Å². The number of carbonyl (C=O) groups is 1. The summed E-state index contributed by atoms with van der Waals surface area (Å²) in [5, 5.41) is 8.29. The number of alkyl halides is 3. The summed E-state index contributed by atoms with van der Waals surface area (Å²) in [5.74, 6) is -1.01. The molecule has 216 valence electrons. The summed E-state index contributed by atoms with van der Waals surface area (Å²) in [7, 11) is -2.39. The van der Waals surface area contributed by atoms with Gasteiger partial charge < -0.3 is 20.7 Å². The van der Waals surface area contributed by atoms with Gasteiger partial charge in [-0.2, -0.15) is 18.2 Å². The Bertz CT molecular complexity index is 1580. The number of amides is 1. The molecule has 41 heavy (non-hydrogen) atoms. The largest absolute Gasteiger partial charge is 0.448 e. The second-order valence-corrected chi connectivity index (χ2v) is 11.0. The van der Waals surface area contributed by atoms with Gasteiger partial charge in [-0.05, 0) is 36.3 Å². The maximum atomic E-state index is 13.8. The number of ether oxygens (including phenoxy) is 1. The number of rotatable bonds is 10. The van der Waals surface area contributed by atoms with E-state index in [1.807, 2.05) is 30.3 Å². The number of hydrogen-bond donors (Lipinski definition) is 3.